The minimum atomic E-state index is -0.00579. The third-order valence-corrected chi connectivity index (χ3v) is 3.88. The molecule has 1 saturated heterocycles. The van der Waals surface area contributed by atoms with Crippen molar-refractivity contribution >= 4 is 5.82 Å². The summed E-state index contributed by atoms with van der Waals surface area (Å²) in [6.07, 6.45) is 2.59. The van der Waals surface area contributed by atoms with Crippen molar-refractivity contribution in [3.05, 3.63) is 35.5 Å². The first-order chi connectivity index (χ1) is 10.7. The highest BCUT2D eigenvalue weighted by molar-refractivity contribution is 5.53. The molecule has 114 valence electrons. The molecule has 2 atom stereocenters. The third-order valence-electron chi connectivity index (χ3n) is 3.88. The van der Waals surface area contributed by atoms with Gasteiger partial charge >= 0.3 is 0 Å². The Hall–Kier alpha value is -2.46. The number of pyridine rings is 1. The molecule has 7 nitrogen and oxygen atoms in total. The molecule has 0 aliphatic carbocycles. The molecule has 0 unspecified atom stereocenters. The van der Waals surface area contributed by atoms with Crippen LogP contribution >= 0.6 is 0 Å². The smallest absolute Gasteiger partial charge is 0.156 e. The van der Waals surface area contributed by atoms with Crippen molar-refractivity contribution in [3.63, 3.8) is 0 Å². The van der Waals surface area contributed by atoms with E-state index in [2.05, 4.69) is 26.2 Å². The van der Waals surface area contributed by atoms with E-state index < -0.39 is 0 Å². The summed E-state index contributed by atoms with van der Waals surface area (Å²) in [6.45, 7) is 3.23. The number of aromatic nitrogens is 4. The lowest BCUT2D eigenvalue weighted by Crippen LogP contribution is -2.33. The molecular formula is C15H18N6O. The molecule has 0 spiro atoms. The van der Waals surface area contributed by atoms with Gasteiger partial charge in [-0.15, -0.1) is 0 Å². The molecule has 1 aliphatic heterocycles. The van der Waals surface area contributed by atoms with Gasteiger partial charge in [-0.05, 0) is 25.5 Å². The normalized spacial score (nSPS) is 20.8. The van der Waals surface area contributed by atoms with Gasteiger partial charge in [0.05, 0.1) is 17.6 Å². The Kier molecular flexibility index (Phi) is 4.02. The first-order valence-corrected chi connectivity index (χ1v) is 7.26. The standard InChI is InChI=1S/C15H18N6O/c1-10-18-14(20-19-10)12-5-7-22-13(12)9-21(2)15-11(8-16)4-3-6-17-15/h3-4,6,12-13H,5,7,9H2,1-2H3,(H,18,19,20)/t12-,13-/m1/s1. The highest BCUT2D eigenvalue weighted by Gasteiger charge is 2.33. The van der Waals surface area contributed by atoms with Crippen LogP contribution in [-0.2, 0) is 4.74 Å². The second-order valence-corrected chi connectivity index (χ2v) is 5.45. The lowest BCUT2D eigenvalue weighted by molar-refractivity contribution is 0.108. The van der Waals surface area contributed by atoms with Gasteiger partial charge in [0.25, 0.3) is 0 Å². The van der Waals surface area contributed by atoms with Crippen LogP contribution in [0.15, 0.2) is 18.3 Å². The summed E-state index contributed by atoms with van der Waals surface area (Å²) in [7, 11) is 1.92. The number of ether oxygens (including phenoxy) is 1. The molecule has 3 rings (SSSR count). The number of hydrogen-bond acceptors (Lipinski definition) is 6. The fourth-order valence-electron chi connectivity index (χ4n) is 2.79. The number of nitrogens with one attached hydrogen (secondary N) is 1. The van der Waals surface area contributed by atoms with E-state index in [1.807, 2.05) is 18.9 Å². The highest BCUT2D eigenvalue weighted by Crippen LogP contribution is 2.30. The number of anilines is 1. The summed E-state index contributed by atoms with van der Waals surface area (Å²) in [5, 5.41) is 16.3. The number of nitriles is 1. The van der Waals surface area contributed by atoms with E-state index in [1.54, 1.807) is 18.3 Å². The molecule has 2 aromatic rings. The van der Waals surface area contributed by atoms with Gasteiger partial charge in [0.1, 0.15) is 17.7 Å². The summed E-state index contributed by atoms with van der Waals surface area (Å²) in [6, 6.07) is 5.71. The van der Waals surface area contributed by atoms with Crippen LogP contribution in [0.3, 0.4) is 0 Å². The Morgan fingerprint density at radius 2 is 2.41 bits per heavy atom. The Morgan fingerprint density at radius 3 is 3.14 bits per heavy atom. The van der Waals surface area contributed by atoms with Gasteiger partial charge in [0.15, 0.2) is 5.82 Å². The van der Waals surface area contributed by atoms with Gasteiger partial charge in [0.2, 0.25) is 0 Å². The van der Waals surface area contributed by atoms with Gasteiger partial charge in [-0.2, -0.15) is 10.4 Å². The van der Waals surface area contributed by atoms with Crippen LogP contribution in [0.25, 0.3) is 0 Å². The van der Waals surface area contributed by atoms with Crippen LogP contribution in [0.2, 0.25) is 0 Å². The van der Waals surface area contributed by atoms with E-state index in [1.165, 1.54) is 0 Å². The van der Waals surface area contributed by atoms with Gasteiger partial charge in [-0.1, -0.05) is 0 Å². The van der Waals surface area contributed by atoms with E-state index in [4.69, 9.17) is 4.74 Å². The van der Waals surface area contributed by atoms with Crippen LogP contribution in [-0.4, -0.2) is 46.5 Å². The number of likely N-dealkylation sites (N-methyl/N-ethyl adjacent to an activating group) is 1. The maximum Gasteiger partial charge on any atom is 0.156 e. The SMILES string of the molecule is Cc1nc([C@@H]2CCO[C@@H]2CN(C)c2ncccc2C#N)n[nH]1. The Balaban J connectivity index is 1.76. The molecule has 0 bridgehead atoms. The minimum absolute atomic E-state index is 0.00579. The average molecular weight is 298 g/mol. The fourth-order valence-corrected chi connectivity index (χ4v) is 2.79. The number of nitrogens with zero attached hydrogens (tertiary/aromatic N) is 5. The van der Waals surface area contributed by atoms with Crippen molar-refractivity contribution in [1.29, 1.82) is 5.26 Å². The predicted octanol–water partition coefficient (Wildman–Crippen LogP) is 1.39. The van der Waals surface area contributed by atoms with Crippen molar-refractivity contribution in [1.82, 2.24) is 20.2 Å². The molecule has 0 saturated carbocycles. The molecule has 0 aromatic carbocycles. The monoisotopic (exact) mass is 298 g/mol. The summed E-state index contributed by atoms with van der Waals surface area (Å²) in [4.78, 5) is 10.7. The van der Waals surface area contributed by atoms with Crippen LogP contribution in [0.4, 0.5) is 5.82 Å². The summed E-state index contributed by atoms with van der Waals surface area (Å²) in [5.74, 6) is 2.45. The zero-order chi connectivity index (χ0) is 15.5. The van der Waals surface area contributed by atoms with Gasteiger partial charge in [-0.3, -0.25) is 5.10 Å². The molecule has 0 radical (unpaired) electrons. The van der Waals surface area contributed by atoms with E-state index >= 15 is 0 Å². The largest absolute Gasteiger partial charge is 0.376 e. The number of hydrogen-bond donors (Lipinski definition) is 1. The van der Waals surface area contributed by atoms with Gasteiger partial charge in [0, 0.05) is 26.4 Å². The quantitative estimate of drug-likeness (QED) is 0.917. The number of aromatic amines is 1. The first kappa shape index (κ1) is 14.5. The highest BCUT2D eigenvalue weighted by atomic mass is 16.5. The summed E-state index contributed by atoms with van der Waals surface area (Å²) >= 11 is 0. The second kappa shape index (κ2) is 6.12. The van der Waals surface area contributed by atoms with E-state index in [0.717, 1.165) is 18.1 Å². The van der Waals surface area contributed by atoms with Crippen LogP contribution in [0.5, 0.6) is 0 Å². The van der Waals surface area contributed by atoms with E-state index in [9.17, 15) is 5.26 Å². The van der Waals surface area contributed by atoms with E-state index in [0.29, 0.717) is 24.5 Å². The van der Waals surface area contributed by atoms with Crippen LogP contribution in [0.1, 0.15) is 29.6 Å². The molecule has 22 heavy (non-hydrogen) atoms. The molecule has 7 heteroatoms. The summed E-state index contributed by atoms with van der Waals surface area (Å²) < 4.78 is 5.85. The Bertz CT molecular complexity index is 691. The number of rotatable bonds is 4. The van der Waals surface area contributed by atoms with Crippen molar-refractivity contribution in [2.45, 2.75) is 25.4 Å². The van der Waals surface area contributed by atoms with Crippen molar-refractivity contribution in [2.75, 3.05) is 25.1 Å². The Labute approximate surface area is 129 Å². The zero-order valence-corrected chi connectivity index (χ0v) is 12.7. The lowest BCUT2D eigenvalue weighted by Gasteiger charge is -2.25. The van der Waals surface area contributed by atoms with Gasteiger partial charge in [-0.25, -0.2) is 9.97 Å². The maximum atomic E-state index is 9.19. The third kappa shape index (κ3) is 2.78. The van der Waals surface area contributed by atoms with Crippen molar-refractivity contribution < 1.29 is 4.74 Å². The molecule has 3 heterocycles. The molecule has 2 aromatic heterocycles. The second-order valence-electron chi connectivity index (χ2n) is 5.45. The lowest BCUT2D eigenvalue weighted by atomic mass is 10.0. The first-order valence-electron chi connectivity index (χ1n) is 7.26. The molecule has 0 amide bonds. The van der Waals surface area contributed by atoms with Crippen molar-refractivity contribution in [3.8, 4) is 6.07 Å². The van der Waals surface area contributed by atoms with Crippen LogP contribution in [0, 0.1) is 18.3 Å². The molecule has 1 fully saturated rings. The van der Waals surface area contributed by atoms with Crippen molar-refractivity contribution in [2.24, 2.45) is 0 Å². The molecule has 1 aliphatic rings. The van der Waals surface area contributed by atoms with E-state index in [-0.39, 0.29) is 12.0 Å². The maximum absolute atomic E-state index is 9.19. The molecule has 1 N–H and O–H groups in total. The number of H-pyrrole nitrogens is 1. The number of aryl methyl sites for hydroxylation is 1. The Morgan fingerprint density at radius 1 is 1.55 bits per heavy atom. The fraction of sp³-hybridized carbons (Fsp3) is 0.467. The minimum Gasteiger partial charge on any atom is -0.376 e. The average Bonchev–Trinajstić information content (AvgIpc) is 3.15. The van der Waals surface area contributed by atoms with Crippen LogP contribution < -0.4 is 4.90 Å². The predicted molar refractivity (Wildman–Crippen MR) is 80.4 cm³/mol. The summed E-state index contributed by atoms with van der Waals surface area (Å²) in [5.41, 5.74) is 0.563. The van der Waals surface area contributed by atoms with Gasteiger partial charge < -0.3 is 9.64 Å². The molecular weight excluding hydrogens is 280 g/mol. The topological polar surface area (TPSA) is 90.7 Å². The zero-order valence-electron chi connectivity index (χ0n) is 12.7.